The Hall–Kier alpha value is -1.23. The van der Waals surface area contributed by atoms with Crippen molar-refractivity contribution in [1.82, 2.24) is 0 Å². The first-order valence-corrected chi connectivity index (χ1v) is 7.75. The normalized spacial score (nSPS) is 12.0. The zero-order valence-corrected chi connectivity index (χ0v) is 14.2. The minimum absolute atomic E-state index is 0.344. The summed E-state index contributed by atoms with van der Waals surface area (Å²) in [6.45, 7) is 2.57. The highest BCUT2D eigenvalue weighted by Gasteiger charge is 2.17. The van der Waals surface area contributed by atoms with Crippen molar-refractivity contribution in [1.29, 1.82) is 0 Å². The highest BCUT2D eigenvalue weighted by molar-refractivity contribution is 9.10. The van der Waals surface area contributed by atoms with Gasteiger partial charge in [-0.15, -0.1) is 0 Å². The molecule has 0 aliphatic rings. The Morgan fingerprint density at radius 3 is 2.57 bits per heavy atom. The van der Waals surface area contributed by atoms with Gasteiger partial charge in [-0.25, -0.2) is 0 Å². The van der Waals surface area contributed by atoms with Crippen molar-refractivity contribution in [2.75, 3.05) is 13.7 Å². The highest BCUT2D eigenvalue weighted by Crippen LogP contribution is 2.35. The van der Waals surface area contributed by atoms with Gasteiger partial charge in [0, 0.05) is 15.1 Å². The van der Waals surface area contributed by atoms with Gasteiger partial charge in [-0.2, -0.15) is 0 Å². The molecular formula is C16H17BrClNO2. The van der Waals surface area contributed by atoms with E-state index in [0.717, 1.165) is 21.3 Å². The summed E-state index contributed by atoms with van der Waals surface area (Å²) in [5.74, 6) is 1.52. The van der Waals surface area contributed by atoms with Crippen molar-refractivity contribution < 1.29 is 9.47 Å². The minimum atomic E-state index is -0.344. The van der Waals surface area contributed by atoms with Crippen LogP contribution in [0, 0.1) is 0 Å². The molecule has 112 valence electrons. The summed E-state index contributed by atoms with van der Waals surface area (Å²) in [7, 11) is 1.62. The third kappa shape index (κ3) is 3.70. The van der Waals surface area contributed by atoms with E-state index < -0.39 is 0 Å². The van der Waals surface area contributed by atoms with Crippen LogP contribution in [0.2, 0.25) is 5.02 Å². The average molecular weight is 371 g/mol. The third-order valence-corrected chi connectivity index (χ3v) is 4.07. The van der Waals surface area contributed by atoms with E-state index in [1.54, 1.807) is 13.2 Å². The van der Waals surface area contributed by atoms with Gasteiger partial charge in [0.05, 0.1) is 19.8 Å². The molecule has 0 fully saturated rings. The molecule has 3 nitrogen and oxygen atoms in total. The Morgan fingerprint density at radius 1 is 1.19 bits per heavy atom. The molecule has 0 aliphatic heterocycles. The summed E-state index contributed by atoms with van der Waals surface area (Å²) in [4.78, 5) is 0. The highest BCUT2D eigenvalue weighted by atomic mass is 79.9. The van der Waals surface area contributed by atoms with Crippen LogP contribution in [0.1, 0.15) is 24.1 Å². The molecule has 21 heavy (non-hydrogen) atoms. The predicted molar refractivity (Wildman–Crippen MR) is 89.3 cm³/mol. The lowest BCUT2D eigenvalue weighted by atomic mass is 9.98. The summed E-state index contributed by atoms with van der Waals surface area (Å²) in [5.41, 5.74) is 8.16. The van der Waals surface area contributed by atoms with Gasteiger partial charge in [0.15, 0.2) is 0 Å². The molecule has 0 heterocycles. The first-order chi connectivity index (χ1) is 10.1. The molecular weight excluding hydrogens is 354 g/mol. The van der Waals surface area contributed by atoms with Gasteiger partial charge < -0.3 is 15.2 Å². The Balaban J connectivity index is 2.40. The van der Waals surface area contributed by atoms with E-state index in [1.165, 1.54) is 0 Å². The van der Waals surface area contributed by atoms with E-state index >= 15 is 0 Å². The molecule has 0 spiro atoms. The topological polar surface area (TPSA) is 44.5 Å². The van der Waals surface area contributed by atoms with Crippen molar-refractivity contribution in [2.45, 2.75) is 13.0 Å². The van der Waals surface area contributed by atoms with Gasteiger partial charge in [-0.1, -0.05) is 33.6 Å². The van der Waals surface area contributed by atoms with Crippen LogP contribution in [0.25, 0.3) is 0 Å². The van der Waals surface area contributed by atoms with Gasteiger partial charge in [0.2, 0.25) is 0 Å². The van der Waals surface area contributed by atoms with Gasteiger partial charge in [0.1, 0.15) is 11.5 Å². The number of halogens is 2. The first-order valence-electron chi connectivity index (χ1n) is 6.58. The smallest absolute Gasteiger partial charge is 0.124 e. The summed E-state index contributed by atoms with van der Waals surface area (Å²) in [5, 5.41) is 0.628. The summed E-state index contributed by atoms with van der Waals surface area (Å²) in [6.07, 6.45) is 0. The number of hydrogen-bond donors (Lipinski definition) is 1. The molecule has 0 saturated carbocycles. The Labute approximate surface area is 138 Å². The maximum atomic E-state index is 6.38. The Kier molecular flexibility index (Phi) is 5.51. The molecule has 1 unspecified atom stereocenters. The number of methoxy groups -OCH3 is 1. The van der Waals surface area contributed by atoms with Crippen molar-refractivity contribution in [3.8, 4) is 11.5 Å². The zero-order chi connectivity index (χ0) is 15.4. The minimum Gasteiger partial charge on any atom is -0.496 e. The molecule has 2 aromatic carbocycles. The van der Waals surface area contributed by atoms with E-state index in [1.807, 2.05) is 37.3 Å². The maximum absolute atomic E-state index is 6.38. The van der Waals surface area contributed by atoms with Crippen molar-refractivity contribution >= 4 is 27.5 Å². The van der Waals surface area contributed by atoms with Gasteiger partial charge in [-0.3, -0.25) is 0 Å². The quantitative estimate of drug-likeness (QED) is 0.839. The summed E-state index contributed by atoms with van der Waals surface area (Å²) < 4.78 is 11.7. The van der Waals surface area contributed by atoms with Gasteiger partial charge in [-0.05, 0) is 42.8 Å². The van der Waals surface area contributed by atoms with Crippen molar-refractivity contribution in [3.05, 3.63) is 57.0 Å². The predicted octanol–water partition coefficient (Wildman–Crippen LogP) is 4.56. The SMILES string of the molecule is CCOc1ccc(C(N)c2cc(Cl)ccc2OC)c(Br)c1. The number of ether oxygens (including phenoxy) is 2. The second kappa shape index (κ2) is 7.16. The van der Waals surface area contributed by atoms with Gasteiger partial charge in [0.25, 0.3) is 0 Å². The molecule has 2 aromatic rings. The second-order valence-electron chi connectivity index (χ2n) is 4.48. The van der Waals surface area contributed by atoms with Crippen LogP contribution in [0.15, 0.2) is 40.9 Å². The lowest BCUT2D eigenvalue weighted by Gasteiger charge is -2.18. The molecule has 1 atom stereocenters. The molecule has 2 N–H and O–H groups in total. The van der Waals surface area contributed by atoms with Crippen molar-refractivity contribution in [2.24, 2.45) is 5.73 Å². The van der Waals surface area contributed by atoms with Crippen LogP contribution in [0.5, 0.6) is 11.5 Å². The molecule has 2 rings (SSSR count). The lowest BCUT2D eigenvalue weighted by Crippen LogP contribution is -2.14. The molecule has 5 heteroatoms. The second-order valence-corrected chi connectivity index (χ2v) is 5.77. The summed E-state index contributed by atoms with van der Waals surface area (Å²) in [6, 6.07) is 10.8. The number of nitrogens with two attached hydrogens (primary N) is 1. The van der Waals surface area contributed by atoms with E-state index in [2.05, 4.69) is 15.9 Å². The molecule has 0 aromatic heterocycles. The Bertz CT molecular complexity index is 634. The van der Waals surface area contributed by atoms with Crippen LogP contribution in [-0.4, -0.2) is 13.7 Å². The van der Waals surface area contributed by atoms with E-state index in [0.29, 0.717) is 17.4 Å². The Morgan fingerprint density at radius 2 is 1.95 bits per heavy atom. The van der Waals surface area contributed by atoms with E-state index in [-0.39, 0.29) is 6.04 Å². The van der Waals surface area contributed by atoms with Crippen molar-refractivity contribution in [3.63, 3.8) is 0 Å². The monoisotopic (exact) mass is 369 g/mol. The standard InChI is InChI=1S/C16H17BrClNO2/c1-3-21-11-5-6-12(14(17)9-11)16(19)13-8-10(18)4-7-15(13)20-2/h4-9,16H,3,19H2,1-2H3. The molecule has 0 radical (unpaired) electrons. The molecule has 0 aliphatic carbocycles. The molecule has 0 saturated heterocycles. The largest absolute Gasteiger partial charge is 0.496 e. The van der Waals surface area contributed by atoms with E-state index in [9.17, 15) is 0 Å². The van der Waals surface area contributed by atoms with E-state index in [4.69, 9.17) is 26.8 Å². The number of benzene rings is 2. The fourth-order valence-corrected chi connectivity index (χ4v) is 2.92. The molecule has 0 amide bonds. The van der Waals surface area contributed by atoms with Gasteiger partial charge >= 0.3 is 0 Å². The molecule has 0 bridgehead atoms. The lowest BCUT2D eigenvalue weighted by molar-refractivity contribution is 0.340. The van der Waals surface area contributed by atoms with Crippen LogP contribution in [0.3, 0.4) is 0 Å². The summed E-state index contributed by atoms with van der Waals surface area (Å²) >= 11 is 9.61. The number of rotatable bonds is 5. The fraction of sp³-hybridized carbons (Fsp3) is 0.250. The van der Waals surface area contributed by atoms with Crippen LogP contribution < -0.4 is 15.2 Å². The first kappa shape index (κ1) is 16.1. The average Bonchev–Trinajstić information content (AvgIpc) is 2.47. The van der Waals surface area contributed by atoms with Crippen LogP contribution >= 0.6 is 27.5 Å². The third-order valence-electron chi connectivity index (χ3n) is 3.14. The van der Waals surface area contributed by atoms with Crippen LogP contribution in [-0.2, 0) is 0 Å². The van der Waals surface area contributed by atoms with Crippen LogP contribution in [0.4, 0.5) is 0 Å². The number of hydrogen-bond acceptors (Lipinski definition) is 3. The fourth-order valence-electron chi connectivity index (χ4n) is 2.13. The maximum Gasteiger partial charge on any atom is 0.124 e. The zero-order valence-electron chi connectivity index (χ0n) is 11.9.